The fourth-order valence-corrected chi connectivity index (χ4v) is 2.91. The van der Waals surface area contributed by atoms with Gasteiger partial charge in [-0.3, -0.25) is 9.36 Å². The minimum absolute atomic E-state index is 0.00882. The highest BCUT2D eigenvalue weighted by Crippen LogP contribution is 2.37. The highest BCUT2D eigenvalue weighted by atomic mass is 16.8. The molecule has 13 heteroatoms. The highest BCUT2D eigenvalue weighted by Gasteiger charge is 2.55. The van der Waals surface area contributed by atoms with Crippen molar-refractivity contribution in [3.8, 4) is 0 Å². The monoisotopic (exact) mass is 440 g/mol. The first-order valence-corrected chi connectivity index (χ1v) is 9.72. The minimum Gasteiger partial charge on any atom is -0.462 e. The minimum atomic E-state index is -1.06. The summed E-state index contributed by atoms with van der Waals surface area (Å²) in [6.45, 7) is 4.76. The fourth-order valence-electron chi connectivity index (χ4n) is 2.91. The zero-order valence-electron chi connectivity index (χ0n) is 17.2. The molecular formula is C18H24N4O9. The number of ether oxygens (including phenoxy) is 4. The molecule has 6 atom stereocenters. The predicted octanol–water partition coefficient (Wildman–Crippen LogP) is -0.149. The topological polar surface area (TPSA) is 170 Å². The van der Waals surface area contributed by atoms with Crippen molar-refractivity contribution in [2.24, 2.45) is 11.7 Å². The molecule has 3 N–H and O–H groups in total. The van der Waals surface area contributed by atoms with Gasteiger partial charge in [0.2, 0.25) is 0 Å². The van der Waals surface area contributed by atoms with Gasteiger partial charge in [-0.1, -0.05) is 13.8 Å². The molecule has 3 rings (SSSR count). The molecule has 2 saturated heterocycles. The number of hydrogen-bond donors (Lipinski definition) is 2. The molecule has 0 amide bonds. The van der Waals surface area contributed by atoms with Gasteiger partial charge in [-0.15, -0.1) is 0 Å². The average Bonchev–Trinajstić information content (AvgIpc) is 3.27. The van der Waals surface area contributed by atoms with E-state index in [0.29, 0.717) is 6.42 Å². The predicted molar refractivity (Wildman–Crippen MR) is 101 cm³/mol. The fraction of sp³-hybridized carbons (Fsp3) is 0.611. The second-order valence-electron chi connectivity index (χ2n) is 7.23. The number of esters is 1. The number of hydrogen-bond acceptors (Lipinski definition) is 12. The van der Waals surface area contributed by atoms with Crippen LogP contribution in [-0.4, -0.2) is 58.6 Å². The average molecular weight is 440 g/mol. The van der Waals surface area contributed by atoms with Crippen molar-refractivity contribution < 1.29 is 38.2 Å². The molecule has 1 aromatic rings. The van der Waals surface area contributed by atoms with Crippen LogP contribution in [0.4, 0.5) is 10.6 Å². The normalized spacial score (nSPS) is 26.3. The largest absolute Gasteiger partial charge is 0.509 e. The molecule has 170 valence electrons. The molecule has 13 nitrogen and oxygen atoms in total. The van der Waals surface area contributed by atoms with Gasteiger partial charge in [0, 0.05) is 12.3 Å². The molecule has 0 radical (unpaired) electrons. The molecule has 1 aromatic heterocycles. The standard InChI is InChI=1S/C18H24N4O9/c1-4-8(2)15(23)31-21-11-5-6-22(17(25)20-11)14-13-12(29-18(26)30-13)10(28-14)7-27-16(24)9(3)19/h5-6,8-10,12-14H,4,7,19H2,1-3H3,(H,20,21,25)/t8-,9+,10+,12+,13+,14+/m0/s1. The summed E-state index contributed by atoms with van der Waals surface area (Å²) in [5.41, 5.74) is 7.02. The van der Waals surface area contributed by atoms with E-state index in [-0.39, 0.29) is 18.3 Å². The van der Waals surface area contributed by atoms with Crippen LogP contribution in [0.3, 0.4) is 0 Å². The van der Waals surface area contributed by atoms with E-state index in [9.17, 15) is 19.2 Å². The lowest BCUT2D eigenvalue weighted by molar-refractivity contribution is -0.152. The molecule has 0 spiro atoms. The van der Waals surface area contributed by atoms with E-state index < -0.39 is 54.4 Å². The van der Waals surface area contributed by atoms with Crippen LogP contribution in [-0.2, 0) is 33.4 Å². The Bertz CT molecular complexity index is 902. The first kappa shape index (κ1) is 22.5. The van der Waals surface area contributed by atoms with Gasteiger partial charge >= 0.3 is 23.8 Å². The molecule has 2 aliphatic rings. The number of carbonyl (C=O) groups excluding carboxylic acids is 3. The maximum atomic E-state index is 12.5. The lowest BCUT2D eigenvalue weighted by Crippen LogP contribution is -2.36. The number of carbonyl (C=O) groups is 3. The van der Waals surface area contributed by atoms with Crippen LogP contribution in [0.2, 0.25) is 0 Å². The summed E-state index contributed by atoms with van der Waals surface area (Å²) in [6, 6.07) is 0.543. The van der Waals surface area contributed by atoms with Gasteiger partial charge in [0.15, 0.2) is 24.3 Å². The number of nitrogens with two attached hydrogens (primary N) is 1. The molecule has 3 heterocycles. The van der Waals surface area contributed by atoms with E-state index in [1.807, 2.05) is 6.92 Å². The number of fused-ring (bicyclic) bond motifs is 1. The van der Waals surface area contributed by atoms with Gasteiger partial charge in [-0.25, -0.2) is 19.9 Å². The first-order valence-electron chi connectivity index (χ1n) is 9.72. The summed E-state index contributed by atoms with van der Waals surface area (Å²) >= 11 is 0. The number of nitrogens with zero attached hydrogens (tertiary/aromatic N) is 2. The van der Waals surface area contributed by atoms with Crippen molar-refractivity contribution in [1.82, 2.24) is 9.55 Å². The number of anilines is 1. The Hall–Kier alpha value is -3.19. The molecule has 31 heavy (non-hydrogen) atoms. The van der Waals surface area contributed by atoms with E-state index in [4.69, 9.17) is 29.5 Å². The molecule has 0 aromatic carbocycles. The van der Waals surface area contributed by atoms with Gasteiger partial charge in [0.05, 0.1) is 5.92 Å². The zero-order chi connectivity index (χ0) is 22.7. The van der Waals surface area contributed by atoms with E-state index in [2.05, 4.69) is 10.5 Å². The van der Waals surface area contributed by atoms with Gasteiger partial charge in [0.25, 0.3) is 0 Å². The Labute approximate surface area is 176 Å². The Balaban J connectivity index is 1.71. The van der Waals surface area contributed by atoms with Crippen LogP contribution in [0.1, 0.15) is 33.4 Å². The number of aromatic nitrogens is 2. The SMILES string of the molecule is CC[C@H](C)C(=O)ONc1ccn([C@@H]2O[C@H](COC(=O)[C@@H](C)N)[C@H]3OC(=O)O[C@H]32)c(=O)n1. The third-order valence-corrected chi connectivity index (χ3v) is 4.89. The first-order chi connectivity index (χ1) is 14.7. The van der Waals surface area contributed by atoms with Crippen LogP contribution in [0.15, 0.2) is 17.1 Å². The van der Waals surface area contributed by atoms with E-state index in [1.165, 1.54) is 19.2 Å². The Morgan fingerprint density at radius 3 is 2.61 bits per heavy atom. The van der Waals surface area contributed by atoms with Crippen LogP contribution in [0.25, 0.3) is 0 Å². The summed E-state index contributed by atoms with van der Waals surface area (Å²) in [5, 5.41) is 0. The van der Waals surface area contributed by atoms with E-state index in [1.54, 1.807) is 6.92 Å². The van der Waals surface area contributed by atoms with Crippen LogP contribution in [0.5, 0.6) is 0 Å². The van der Waals surface area contributed by atoms with Crippen molar-refractivity contribution in [3.05, 3.63) is 22.7 Å². The smallest absolute Gasteiger partial charge is 0.462 e. The summed E-state index contributed by atoms with van der Waals surface area (Å²) in [7, 11) is 0. The van der Waals surface area contributed by atoms with Gasteiger partial charge in [0.1, 0.15) is 18.8 Å². The van der Waals surface area contributed by atoms with Crippen molar-refractivity contribution in [2.45, 2.75) is 57.8 Å². The second-order valence-corrected chi connectivity index (χ2v) is 7.23. The lowest BCUT2D eigenvalue weighted by atomic mass is 10.1. The second kappa shape index (κ2) is 9.31. The molecule has 2 fully saturated rings. The Morgan fingerprint density at radius 1 is 1.26 bits per heavy atom. The van der Waals surface area contributed by atoms with Crippen LogP contribution in [0, 0.1) is 5.92 Å². The molecular weight excluding hydrogens is 416 g/mol. The zero-order valence-corrected chi connectivity index (χ0v) is 17.2. The Morgan fingerprint density at radius 2 is 1.97 bits per heavy atom. The van der Waals surface area contributed by atoms with Crippen LogP contribution < -0.4 is 16.9 Å². The van der Waals surface area contributed by atoms with E-state index in [0.717, 1.165) is 4.57 Å². The van der Waals surface area contributed by atoms with E-state index >= 15 is 0 Å². The maximum Gasteiger partial charge on any atom is 0.509 e. The summed E-state index contributed by atoms with van der Waals surface area (Å²) in [4.78, 5) is 56.1. The highest BCUT2D eigenvalue weighted by molar-refractivity contribution is 5.75. The van der Waals surface area contributed by atoms with Crippen molar-refractivity contribution in [2.75, 3.05) is 12.1 Å². The van der Waals surface area contributed by atoms with Crippen molar-refractivity contribution in [3.63, 3.8) is 0 Å². The van der Waals surface area contributed by atoms with Gasteiger partial charge < -0.3 is 29.5 Å². The van der Waals surface area contributed by atoms with Crippen molar-refractivity contribution in [1.29, 1.82) is 0 Å². The van der Waals surface area contributed by atoms with Crippen LogP contribution >= 0.6 is 0 Å². The summed E-state index contributed by atoms with van der Waals surface area (Å²) in [5.74, 6) is -1.46. The third kappa shape index (κ3) is 4.94. The number of rotatable bonds is 8. The quantitative estimate of drug-likeness (QED) is 0.312. The molecule has 0 unspecified atom stereocenters. The van der Waals surface area contributed by atoms with Crippen molar-refractivity contribution >= 4 is 23.9 Å². The third-order valence-electron chi connectivity index (χ3n) is 4.89. The van der Waals surface area contributed by atoms with Gasteiger partial charge in [-0.2, -0.15) is 4.98 Å². The summed E-state index contributed by atoms with van der Waals surface area (Å²) in [6.07, 6.45) is -2.77. The Kier molecular flexibility index (Phi) is 6.75. The number of nitrogens with one attached hydrogen (secondary N) is 1. The molecule has 0 bridgehead atoms. The molecule has 0 saturated carbocycles. The lowest BCUT2D eigenvalue weighted by Gasteiger charge is -2.18. The maximum absolute atomic E-state index is 12.5. The van der Waals surface area contributed by atoms with Gasteiger partial charge in [-0.05, 0) is 13.3 Å². The summed E-state index contributed by atoms with van der Waals surface area (Å²) < 4.78 is 22.1. The molecule has 0 aliphatic carbocycles. The molecule has 2 aliphatic heterocycles.